The summed E-state index contributed by atoms with van der Waals surface area (Å²) in [6, 6.07) is 4.41. The highest BCUT2D eigenvalue weighted by Gasteiger charge is 2.16. The van der Waals surface area contributed by atoms with Gasteiger partial charge in [-0.2, -0.15) is 0 Å². The number of hydrogen-bond donors (Lipinski definition) is 2. The van der Waals surface area contributed by atoms with Gasteiger partial charge in [0.25, 0.3) is 0 Å². The molecule has 2 aromatic rings. The average Bonchev–Trinajstić information content (AvgIpc) is 2.43. The molecule has 110 valence electrons. The van der Waals surface area contributed by atoms with Gasteiger partial charge in [-0.25, -0.2) is 19.2 Å². The van der Waals surface area contributed by atoms with Gasteiger partial charge in [-0.05, 0) is 34.1 Å². The van der Waals surface area contributed by atoms with E-state index in [0.717, 1.165) is 0 Å². The Morgan fingerprint density at radius 2 is 2.14 bits per heavy atom. The molecule has 0 amide bonds. The molecule has 0 radical (unpaired) electrons. The van der Waals surface area contributed by atoms with Gasteiger partial charge in [0.15, 0.2) is 5.69 Å². The van der Waals surface area contributed by atoms with Crippen molar-refractivity contribution in [1.29, 1.82) is 0 Å². The van der Waals surface area contributed by atoms with Gasteiger partial charge in [0.2, 0.25) is 0 Å². The Balaban J connectivity index is 2.39. The Bertz CT molecular complexity index is 692. The number of nitrogens with zero attached hydrogens (tertiary/aromatic N) is 2. The van der Waals surface area contributed by atoms with E-state index in [9.17, 15) is 14.3 Å². The first-order valence-corrected chi connectivity index (χ1v) is 7.00. The Kier molecular flexibility index (Phi) is 4.52. The zero-order chi connectivity index (χ0) is 15.6. The number of benzene rings is 1. The molecular weight excluding hydrogens is 341 g/mol. The van der Waals surface area contributed by atoms with E-state index in [1.165, 1.54) is 18.3 Å². The first kappa shape index (κ1) is 15.4. The van der Waals surface area contributed by atoms with Crippen molar-refractivity contribution in [3.8, 4) is 0 Å². The highest BCUT2D eigenvalue weighted by atomic mass is 79.9. The minimum atomic E-state index is -1.17. The lowest BCUT2D eigenvalue weighted by atomic mass is 10.2. The molecule has 0 saturated carbocycles. The summed E-state index contributed by atoms with van der Waals surface area (Å²) < 4.78 is 13.8. The van der Waals surface area contributed by atoms with E-state index in [-0.39, 0.29) is 17.3 Å². The predicted molar refractivity (Wildman–Crippen MR) is 80.5 cm³/mol. The number of hydrogen-bond acceptors (Lipinski definition) is 4. The fourth-order valence-corrected chi connectivity index (χ4v) is 1.90. The van der Waals surface area contributed by atoms with E-state index in [1.807, 2.05) is 13.8 Å². The highest BCUT2D eigenvalue weighted by Crippen LogP contribution is 2.24. The van der Waals surface area contributed by atoms with E-state index in [4.69, 9.17) is 0 Å². The smallest absolute Gasteiger partial charge is 0.356 e. The summed E-state index contributed by atoms with van der Waals surface area (Å²) in [5.74, 6) is -1.15. The van der Waals surface area contributed by atoms with E-state index in [0.29, 0.717) is 16.0 Å². The quantitative estimate of drug-likeness (QED) is 0.870. The highest BCUT2D eigenvalue weighted by molar-refractivity contribution is 9.10. The van der Waals surface area contributed by atoms with Gasteiger partial charge >= 0.3 is 5.97 Å². The maximum atomic E-state index is 13.5. The van der Waals surface area contributed by atoms with Crippen LogP contribution in [0.3, 0.4) is 0 Å². The molecule has 2 N–H and O–H groups in total. The molecule has 0 aliphatic rings. The van der Waals surface area contributed by atoms with Crippen LogP contribution in [0.15, 0.2) is 28.9 Å². The number of nitrogens with one attached hydrogen (secondary N) is 1. The molecule has 0 aliphatic heterocycles. The van der Waals surface area contributed by atoms with E-state index < -0.39 is 11.8 Å². The first-order valence-electron chi connectivity index (χ1n) is 6.20. The third kappa shape index (κ3) is 3.55. The Hall–Kier alpha value is -2.02. The Morgan fingerprint density at radius 3 is 2.71 bits per heavy atom. The SMILES string of the molecule is CC(C)c1ncc(Nc2ccc(Br)c(F)c2)c(C(=O)O)n1. The molecule has 1 aromatic carbocycles. The number of halogens is 2. The maximum Gasteiger partial charge on any atom is 0.356 e. The lowest BCUT2D eigenvalue weighted by Crippen LogP contribution is -2.10. The van der Waals surface area contributed by atoms with Crippen molar-refractivity contribution in [3.63, 3.8) is 0 Å². The molecule has 0 spiro atoms. The van der Waals surface area contributed by atoms with Crippen LogP contribution in [0.2, 0.25) is 0 Å². The van der Waals surface area contributed by atoms with Gasteiger partial charge in [0.05, 0.1) is 16.4 Å². The summed E-state index contributed by atoms with van der Waals surface area (Å²) in [6.07, 6.45) is 1.39. The number of anilines is 2. The van der Waals surface area contributed by atoms with Gasteiger partial charge in [-0.15, -0.1) is 0 Å². The Morgan fingerprint density at radius 1 is 1.43 bits per heavy atom. The summed E-state index contributed by atoms with van der Waals surface area (Å²) in [4.78, 5) is 19.4. The number of aromatic nitrogens is 2. The summed E-state index contributed by atoms with van der Waals surface area (Å²) in [6.45, 7) is 3.75. The van der Waals surface area contributed by atoms with Crippen molar-refractivity contribution in [1.82, 2.24) is 9.97 Å². The molecule has 0 aliphatic carbocycles. The van der Waals surface area contributed by atoms with Gasteiger partial charge in [-0.3, -0.25) is 0 Å². The minimum Gasteiger partial charge on any atom is -0.476 e. The maximum absolute atomic E-state index is 13.5. The molecule has 0 atom stereocenters. The second kappa shape index (κ2) is 6.17. The molecule has 0 fully saturated rings. The summed E-state index contributed by atoms with van der Waals surface area (Å²) in [5, 5.41) is 12.1. The molecule has 7 heteroatoms. The molecule has 0 unspecified atom stereocenters. The van der Waals surface area contributed by atoms with Crippen molar-refractivity contribution in [2.75, 3.05) is 5.32 Å². The first-order chi connectivity index (χ1) is 9.88. The third-order valence-electron chi connectivity index (χ3n) is 2.72. The standard InChI is InChI=1S/C14H13BrFN3O2/c1-7(2)13-17-6-11(12(19-13)14(20)21)18-8-3-4-9(15)10(16)5-8/h3-7,18H,1-2H3,(H,20,21). The molecule has 21 heavy (non-hydrogen) atoms. The predicted octanol–water partition coefficient (Wildman–Crippen LogP) is 3.94. The molecule has 1 aromatic heterocycles. The van der Waals surface area contributed by atoms with Crippen LogP contribution in [0.4, 0.5) is 15.8 Å². The van der Waals surface area contributed by atoms with Crippen LogP contribution >= 0.6 is 15.9 Å². The number of carboxylic acids is 1. The lowest BCUT2D eigenvalue weighted by molar-refractivity contribution is 0.0691. The second-order valence-corrected chi connectivity index (χ2v) is 5.56. The lowest BCUT2D eigenvalue weighted by Gasteiger charge is -2.11. The van der Waals surface area contributed by atoms with E-state index in [1.54, 1.807) is 6.07 Å². The van der Waals surface area contributed by atoms with Crippen molar-refractivity contribution in [2.45, 2.75) is 19.8 Å². The minimum absolute atomic E-state index is 0.0160. The van der Waals surface area contributed by atoms with Crippen molar-refractivity contribution >= 4 is 33.3 Å². The number of carbonyl (C=O) groups is 1. The Labute approximate surface area is 129 Å². The second-order valence-electron chi connectivity index (χ2n) is 4.70. The fraction of sp³-hybridized carbons (Fsp3) is 0.214. The van der Waals surface area contributed by atoms with E-state index in [2.05, 4.69) is 31.2 Å². The summed E-state index contributed by atoms with van der Waals surface area (Å²) in [7, 11) is 0. The van der Waals surface area contributed by atoms with Crippen LogP contribution in [0, 0.1) is 5.82 Å². The summed E-state index contributed by atoms with van der Waals surface area (Å²) >= 11 is 3.06. The zero-order valence-corrected chi connectivity index (χ0v) is 13.0. The normalized spacial score (nSPS) is 10.7. The number of rotatable bonds is 4. The van der Waals surface area contributed by atoms with Gasteiger partial charge < -0.3 is 10.4 Å². The molecule has 0 bridgehead atoms. The largest absolute Gasteiger partial charge is 0.476 e. The van der Waals surface area contributed by atoms with Crippen molar-refractivity contribution in [3.05, 3.63) is 46.2 Å². The van der Waals surface area contributed by atoms with E-state index >= 15 is 0 Å². The van der Waals surface area contributed by atoms with Gasteiger partial charge in [0, 0.05) is 11.6 Å². The topological polar surface area (TPSA) is 75.1 Å². The van der Waals surface area contributed by atoms with Gasteiger partial charge in [0.1, 0.15) is 11.6 Å². The van der Waals surface area contributed by atoms with Gasteiger partial charge in [-0.1, -0.05) is 13.8 Å². The molecule has 2 rings (SSSR count). The fourth-order valence-electron chi connectivity index (χ4n) is 1.66. The van der Waals surface area contributed by atoms with Crippen LogP contribution in [0.25, 0.3) is 0 Å². The number of carboxylic acid groups (broad SMARTS) is 1. The van der Waals surface area contributed by atoms with Crippen LogP contribution in [0.5, 0.6) is 0 Å². The van der Waals surface area contributed by atoms with Crippen LogP contribution in [-0.4, -0.2) is 21.0 Å². The number of aromatic carboxylic acids is 1. The molecule has 1 heterocycles. The monoisotopic (exact) mass is 353 g/mol. The van der Waals surface area contributed by atoms with Crippen LogP contribution in [-0.2, 0) is 0 Å². The zero-order valence-electron chi connectivity index (χ0n) is 11.4. The average molecular weight is 354 g/mol. The van der Waals surface area contributed by atoms with Crippen molar-refractivity contribution in [2.24, 2.45) is 0 Å². The molecule has 5 nitrogen and oxygen atoms in total. The van der Waals surface area contributed by atoms with Crippen molar-refractivity contribution < 1.29 is 14.3 Å². The van der Waals surface area contributed by atoms with Crippen LogP contribution < -0.4 is 5.32 Å². The molecule has 0 saturated heterocycles. The molecular formula is C14H13BrFN3O2. The summed E-state index contributed by atoms with van der Waals surface area (Å²) in [5.41, 5.74) is 0.491. The third-order valence-corrected chi connectivity index (χ3v) is 3.37. The van der Waals surface area contributed by atoms with Crippen LogP contribution in [0.1, 0.15) is 36.1 Å².